The van der Waals surface area contributed by atoms with E-state index in [2.05, 4.69) is 12.2 Å². The molecule has 2 N–H and O–H groups in total. The van der Waals surface area contributed by atoms with Gasteiger partial charge in [0, 0.05) is 6.04 Å². The maximum Gasteiger partial charge on any atom is 0.150 e. The molecular weight excluding hydrogens is 274 g/mol. The van der Waals surface area contributed by atoms with Crippen molar-refractivity contribution in [1.29, 1.82) is 0 Å². The predicted octanol–water partition coefficient (Wildman–Crippen LogP) is 1.74. The van der Waals surface area contributed by atoms with Crippen molar-refractivity contribution in [3.63, 3.8) is 0 Å². The molecule has 0 bridgehead atoms. The smallest absolute Gasteiger partial charge is 0.150 e. The van der Waals surface area contributed by atoms with Crippen LogP contribution in [0.2, 0.25) is 0 Å². The number of sulfone groups is 1. The third-order valence-corrected chi connectivity index (χ3v) is 5.65. The normalized spacial score (nSPS) is 22.8. The highest BCUT2D eigenvalue weighted by Gasteiger charge is 2.33. The van der Waals surface area contributed by atoms with E-state index in [0.717, 1.165) is 31.4 Å². The molecule has 1 fully saturated rings. The Labute approximate surface area is 121 Å². The lowest BCUT2D eigenvalue weighted by molar-refractivity contribution is 0.378. The number of rotatable bonds is 6. The molecule has 0 aromatic heterocycles. The second-order valence-corrected chi connectivity index (χ2v) is 7.83. The SMILES string of the molecule is CCCNC(Cc1cccc(O)c1)C1CCS(=O)(=O)C1. The fourth-order valence-corrected chi connectivity index (χ4v) is 4.69. The van der Waals surface area contributed by atoms with Gasteiger partial charge in [-0.05, 0) is 49.4 Å². The second kappa shape index (κ2) is 6.59. The van der Waals surface area contributed by atoms with Crippen molar-refractivity contribution in [2.75, 3.05) is 18.1 Å². The predicted molar refractivity (Wildman–Crippen MR) is 80.7 cm³/mol. The van der Waals surface area contributed by atoms with E-state index in [1.54, 1.807) is 12.1 Å². The van der Waals surface area contributed by atoms with E-state index in [9.17, 15) is 13.5 Å². The largest absolute Gasteiger partial charge is 0.508 e. The molecule has 1 aromatic rings. The average molecular weight is 297 g/mol. The zero-order valence-electron chi connectivity index (χ0n) is 11.9. The summed E-state index contributed by atoms with van der Waals surface area (Å²) in [4.78, 5) is 0. The summed E-state index contributed by atoms with van der Waals surface area (Å²) in [5.41, 5.74) is 1.04. The van der Waals surface area contributed by atoms with Crippen LogP contribution >= 0.6 is 0 Å². The summed E-state index contributed by atoms with van der Waals surface area (Å²) in [6, 6.07) is 7.37. The van der Waals surface area contributed by atoms with E-state index in [-0.39, 0.29) is 23.5 Å². The fourth-order valence-electron chi connectivity index (χ4n) is 2.81. The number of aromatic hydroxyl groups is 1. The van der Waals surface area contributed by atoms with Crippen LogP contribution in [0, 0.1) is 5.92 Å². The summed E-state index contributed by atoms with van der Waals surface area (Å²) in [5.74, 6) is 1.03. The van der Waals surface area contributed by atoms with Gasteiger partial charge in [-0.25, -0.2) is 8.42 Å². The fraction of sp³-hybridized carbons (Fsp3) is 0.600. The average Bonchev–Trinajstić information content (AvgIpc) is 2.75. The molecule has 0 radical (unpaired) electrons. The Balaban J connectivity index is 2.07. The molecule has 1 heterocycles. The third-order valence-electron chi connectivity index (χ3n) is 3.86. The van der Waals surface area contributed by atoms with Gasteiger partial charge in [-0.15, -0.1) is 0 Å². The molecule has 112 valence electrons. The van der Waals surface area contributed by atoms with Crippen molar-refractivity contribution < 1.29 is 13.5 Å². The molecule has 4 nitrogen and oxygen atoms in total. The van der Waals surface area contributed by atoms with Crippen molar-refractivity contribution in [2.24, 2.45) is 5.92 Å². The van der Waals surface area contributed by atoms with E-state index < -0.39 is 9.84 Å². The van der Waals surface area contributed by atoms with Crippen molar-refractivity contribution in [2.45, 2.75) is 32.2 Å². The highest BCUT2D eigenvalue weighted by Crippen LogP contribution is 2.25. The summed E-state index contributed by atoms with van der Waals surface area (Å²) < 4.78 is 23.3. The number of nitrogens with one attached hydrogen (secondary N) is 1. The van der Waals surface area contributed by atoms with Crippen molar-refractivity contribution in [1.82, 2.24) is 5.32 Å². The first-order valence-electron chi connectivity index (χ1n) is 7.22. The summed E-state index contributed by atoms with van der Waals surface area (Å²) in [6.45, 7) is 2.99. The number of phenols is 1. The topological polar surface area (TPSA) is 66.4 Å². The van der Waals surface area contributed by atoms with Gasteiger partial charge in [0.05, 0.1) is 11.5 Å². The number of hydrogen-bond donors (Lipinski definition) is 2. The second-order valence-electron chi connectivity index (χ2n) is 5.60. The maximum absolute atomic E-state index is 11.7. The minimum Gasteiger partial charge on any atom is -0.508 e. The van der Waals surface area contributed by atoms with Crippen molar-refractivity contribution in [3.8, 4) is 5.75 Å². The minimum atomic E-state index is -2.86. The highest BCUT2D eigenvalue weighted by molar-refractivity contribution is 7.91. The zero-order chi connectivity index (χ0) is 14.6. The van der Waals surface area contributed by atoms with Gasteiger partial charge < -0.3 is 10.4 Å². The molecular formula is C15H23NO3S. The van der Waals surface area contributed by atoms with E-state index >= 15 is 0 Å². The van der Waals surface area contributed by atoms with Crippen LogP contribution in [0.25, 0.3) is 0 Å². The lowest BCUT2D eigenvalue weighted by Gasteiger charge is -2.24. The standard InChI is InChI=1S/C15H23NO3S/c1-2-7-16-15(13-6-8-20(18,19)11-13)10-12-4-3-5-14(17)9-12/h3-5,9,13,15-17H,2,6-8,10-11H2,1H3. The Morgan fingerprint density at radius 2 is 2.25 bits per heavy atom. The third kappa shape index (κ3) is 4.21. The van der Waals surface area contributed by atoms with Gasteiger partial charge in [0.15, 0.2) is 9.84 Å². The lowest BCUT2D eigenvalue weighted by atomic mass is 9.93. The Hall–Kier alpha value is -1.07. The molecule has 0 amide bonds. The molecule has 2 rings (SSSR count). The van der Waals surface area contributed by atoms with E-state index in [1.807, 2.05) is 12.1 Å². The minimum absolute atomic E-state index is 0.161. The molecule has 2 atom stereocenters. The van der Waals surface area contributed by atoms with Crippen LogP contribution in [-0.4, -0.2) is 37.6 Å². The Bertz CT molecular complexity index is 542. The molecule has 2 unspecified atom stereocenters. The molecule has 1 aliphatic rings. The van der Waals surface area contributed by atoms with E-state index in [4.69, 9.17) is 0 Å². The number of hydrogen-bond acceptors (Lipinski definition) is 4. The van der Waals surface area contributed by atoms with E-state index in [1.165, 1.54) is 0 Å². The molecule has 1 aliphatic heterocycles. The molecule has 20 heavy (non-hydrogen) atoms. The Kier molecular flexibility index (Phi) is 5.05. The summed E-state index contributed by atoms with van der Waals surface area (Å²) in [7, 11) is -2.86. The maximum atomic E-state index is 11.7. The summed E-state index contributed by atoms with van der Waals surface area (Å²) >= 11 is 0. The van der Waals surface area contributed by atoms with Gasteiger partial charge in [0.1, 0.15) is 5.75 Å². The van der Waals surface area contributed by atoms with Gasteiger partial charge in [0.2, 0.25) is 0 Å². The monoisotopic (exact) mass is 297 g/mol. The summed E-state index contributed by atoms with van der Waals surface area (Å²) in [6.07, 6.45) is 2.52. The molecule has 1 aromatic carbocycles. The van der Waals surface area contributed by atoms with Crippen molar-refractivity contribution >= 4 is 9.84 Å². The number of benzene rings is 1. The van der Waals surface area contributed by atoms with Crippen LogP contribution in [0.3, 0.4) is 0 Å². The lowest BCUT2D eigenvalue weighted by Crippen LogP contribution is -2.39. The van der Waals surface area contributed by atoms with Gasteiger partial charge in [-0.2, -0.15) is 0 Å². The van der Waals surface area contributed by atoms with Crippen LogP contribution < -0.4 is 5.32 Å². The van der Waals surface area contributed by atoms with Gasteiger partial charge in [0.25, 0.3) is 0 Å². The summed E-state index contributed by atoms with van der Waals surface area (Å²) in [5, 5.41) is 13.0. The van der Waals surface area contributed by atoms with E-state index in [0.29, 0.717) is 5.75 Å². The molecule has 5 heteroatoms. The van der Waals surface area contributed by atoms with Gasteiger partial charge in [-0.3, -0.25) is 0 Å². The quantitative estimate of drug-likeness (QED) is 0.839. The van der Waals surface area contributed by atoms with Gasteiger partial charge in [-0.1, -0.05) is 19.1 Å². The van der Waals surface area contributed by atoms with Crippen LogP contribution in [-0.2, 0) is 16.3 Å². The van der Waals surface area contributed by atoms with Crippen molar-refractivity contribution in [3.05, 3.63) is 29.8 Å². The number of phenolic OH excluding ortho intramolecular Hbond substituents is 1. The van der Waals surface area contributed by atoms with Crippen LogP contribution in [0.5, 0.6) is 5.75 Å². The zero-order valence-corrected chi connectivity index (χ0v) is 12.7. The van der Waals surface area contributed by atoms with Crippen LogP contribution in [0.15, 0.2) is 24.3 Å². The van der Waals surface area contributed by atoms with Gasteiger partial charge >= 0.3 is 0 Å². The molecule has 0 aliphatic carbocycles. The molecule has 1 saturated heterocycles. The highest BCUT2D eigenvalue weighted by atomic mass is 32.2. The molecule has 0 saturated carbocycles. The van der Waals surface area contributed by atoms with Crippen LogP contribution in [0.4, 0.5) is 0 Å². The Morgan fingerprint density at radius 1 is 1.45 bits per heavy atom. The Morgan fingerprint density at radius 3 is 2.85 bits per heavy atom. The van der Waals surface area contributed by atoms with Crippen LogP contribution in [0.1, 0.15) is 25.3 Å². The first-order chi connectivity index (χ1) is 9.50. The molecule has 0 spiro atoms. The first-order valence-corrected chi connectivity index (χ1v) is 9.04. The first kappa shape index (κ1) is 15.3.